The molecule has 4 nitrogen and oxygen atoms in total. The molecule has 72 heavy (non-hydrogen) atoms. The van der Waals surface area contributed by atoms with Crippen LogP contribution in [0.2, 0.25) is 0 Å². The van der Waals surface area contributed by atoms with Gasteiger partial charge in [-0.05, 0) is 96.8 Å². The molecule has 0 fully saturated rings. The number of hydrogen-bond donors (Lipinski definition) is 0. The highest BCUT2D eigenvalue weighted by atomic mass is 15.2. The Kier molecular flexibility index (Phi) is 8.75. The maximum absolute atomic E-state index is 2.62. The summed E-state index contributed by atoms with van der Waals surface area (Å²) in [5.74, 6) is 0. The van der Waals surface area contributed by atoms with Crippen molar-refractivity contribution in [1.82, 2.24) is 8.80 Å². The van der Waals surface area contributed by atoms with Crippen LogP contribution in [0.4, 0.5) is 34.1 Å². The lowest BCUT2D eigenvalue weighted by Gasteiger charge is -2.28. The fourth-order valence-corrected chi connectivity index (χ4v) is 12.5. The number of aryl methyl sites for hydroxylation is 2. The summed E-state index contributed by atoms with van der Waals surface area (Å²) in [4.78, 5) is 4.91. The van der Waals surface area contributed by atoms with E-state index in [1.807, 2.05) is 0 Å². The molecule has 0 spiro atoms. The monoisotopic (exact) mass is 918 g/mol. The highest BCUT2D eigenvalue weighted by Gasteiger charge is 2.32. The van der Waals surface area contributed by atoms with Crippen LogP contribution in [0, 0.1) is 13.8 Å². The van der Waals surface area contributed by atoms with Crippen molar-refractivity contribution in [3.8, 4) is 22.3 Å². The van der Waals surface area contributed by atoms with Gasteiger partial charge in [-0.2, -0.15) is 0 Å². The van der Waals surface area contributed by atoms with Crippen molar-refractivity contribution >= 4 is 110 Å². The Labute approximate surface area is 416 Å². The molecule has 0 saturated heterocycles. The Balaban J connectivity index is 1.15. The maximum atomic E-state index is 2.62. The Morgan fingerprint density at radius 2 is 0.583 bits per heavy atom. The number of anilines is 6. The van der Waals surface area contributed by atoms with Gasteiger partial charge < -0.3 is 18.6 Å². The molecule has 4 heterocycles. The average Bonchev–Trinajstić information content (AvgIpc) is 4.18. The van der Waals surface area contributed by atoms with Gasteiger partial charge in [0.2, 0.25) is 0 Å². The van der Waals surface area contributed by atoms with Crippen LogP contribution in [0.15, 0.2) is 243 Å². The second-order valence-electron chi connectivity index (χ2n) is 19.3. The van der Waals surface area contributed by atoms with E-state index in [9.17, 15) is 0 Å². The molecule has 15 aromatic rings. The Morgan fingerprint density at radius 3 is 0.972 bits per heavy atom. The molecule has 0 atom stereocenters. The minimum Gasteiger partial charge on any atom is -0.310 e. The predicted octanol–water partition coefficient (Wildman–Crippen LogP) is 18.9. The second-order valence-corrected chi connectivity index (χ2v) is 19.3. The summed E-state index contributed by atoms with van der Waals surface area (Å²) >= 11 is 0. The minimum absolute atomic E-state index is 1.12. The Morgan fingerprint density at radius 1 is 0.264 bits per heavy atom. The first-order chi connectivity index (χ1) is 35.7. The average molecular weight is 919 g/mol. The number of para-hydroxylation sites is 6. The summed E-state index contributed by atoms with van der Waals surface area (Å²) in [6, 6.07) is 89.3. The van der Waals surface area contributed by atoms with Crippen LogP contribution in [0.25, 0.3) is 98.4 Å². The molecule has 15 rings (SSSR count). The van der Waals surface area contributed by atoms with Crippen LogP contribution in [0.1, 0.15) is 11.1 Å². The SMILES string of the molecule is Cc1ccccc1N(c1ccccc1)c1cccc2c1c1cccc3c4c(-c5ccccc5)c5c(c(-c6ccccc6)c4n2c13)c1cccc2c3c(N(c4ccccc4)c4ccccc4C)cccc3n5c21. The first-order valence-electron chi connectivity index (χ1n) is 25.0. The van der Waals surface area contributed by atoms with E-state index >= 15 is 0 Å². The third kappa shape index (κ3) is 5.57. The summed E-state index contributed by atoms with van der Waals surface area (Å²) in [7, 11) is 0. The van der Waals surface area contributed by atoms with E-state index in [1.165, 1.54) is 110 Å². The van der Waals surface area contributed by atoms with Gasteiger partial charge >= 0.3 is 0 Å². The molecule has 11 aromatic carbocycles. The molecular formula is C68H46N4. The van der Waals surface area contributed by atoms with Gasteiger partial charge in [-0.3, -0.25) is 0 Å². The molecule has 0 saturated carbocycles. The van der Waals surface area contributed by atoms with Gasteiger partial charge in [0.15, 0.2) is 0 Å². The summed E-state index contributed by atoms with van der Waals surface area (Å²) < 4.78 is 5.25. The number of hydrogen-bond acceptors (Lipinski definition) is 2. The van der Waals surface area contributed by atoms with E-state index in [4.69, 9.17) is 0 Å². The van der Waals surface area contributed by atoms with Gasteiger partial charge in [0.05, 0.1) is 44.5 Å². The van der Waals surface area contributed by atoms with Crippen LogP contribution >= 0.6 is 0 Å². The molecule has 0 bridgehead atoms. The van der Waals surface area contributed by atoms with Crippen molar-refractivity contribution in [1.29, 1.82) is 0 Å². The summed E-state index contributed by atoms with van der Waals surface area (Å²) in [6.45, 7) is 4.43. The van der Waals surface area contributed by atoms with Crippen LogP contribution < -0.4 is 9.80 Å². The number of rotatable bonds is 8. The van der Waals surface area contributed by atoms with Gasteiger partial charge in [-0.25, -0.2) is 0 Å². The lowest BCUT2D eigenvalue weighted by atomic mass is 9.89. The Bertz CT molecular complexity index is 4280. The minimum atomic E-state index is 1.12. The third-order valence-electron chi connectivity index (χ3n) is 15.4. The molecule has 0 unspecified atom stereocenters. The normalized spacial score (nSPS) is 12.0. The topological polar surface area (TPSA) is 15.3 Å². The number of fused-ring (bicyclic) bond motifs is 12. The van der Waals surface area contributed by atoms with Crippen LogP contribution in [-0.4, -0.2) is 8.80 Å². The van der Waals surface area contributed by atoms with E-state index in [0.29, 0.717) is 0 Å². The predicted molar refractivity (Wildman–Crippen MR) is 305 cm³/mol. The smallest absolute Gasteiger partial charge is 0.0634 e. The number of nitrogens with zero attached hydrogens (tertiary/aromatic N) is 4. The second kappa shape index (κ2) is 15.6. The van der Waals surface area contributed by atoms with Crippen molar-refractivity contribution in [3.63, 3.8) is 0 Å². The maximum Gasteiger partial charge on any atom is 0.0634 e. The molecule has 0 amide bonds. The van der Waals surface area contributed by atoms with E-state index in [-0.39, 0.29) is 0 Å². The van der Waals surface area contributed by atoms with Gasteiger partial charge in [-0.1, -0.05) is 182 Å². The lowest BCUT2D eigenvalue weighted by Crippen LogP contribution is -2.11. The van der Waals surface area contributed by atoms with Gasteiger partial charge in [0.25, 0.3) is 0 Å². The molecule has 4 aromatic heterocycles. The zero-order chi connectivity index (χ0) is 47.6. The van der Waals surface area contributed by atoms with Crippen molar-refractivity contribution in [2.75, 3.05) is 9.80 Å². The van der Waals surface area contributed by atoms with E-state index in [0.717, 1.165) is 34.1 Å². The van der Waals surface area contributed by atoms with E-state index in [2.05, 4.69) is 275 Å². The quantitative estimate of drug-likeness (QED) is 0.151. The van der Waals surface area contributed by atoms with Crippen LogP contribution in [0.5, 0.6) is 0 Å². The molecule has 0 N–H and O–H groups in total. The highest BCUT2D eigenvalue weighted by molar-refractivity contribution is 6.39. The third-order valence-corrected chi connectivity index (χ3v) is 15.4. The largest absolute Gasteiger partial charge is 0.310 e. The van der Waals surface area contributed by atoms with Crippen molar-refractivity contribution in [3.05, 3.63) is 254 Å². The summed E-state index contributed by atoms with van der Waals surface area (Å²) in [6.07, 6.45) is 0. The molecule has 0 aliphatic carbocycles. The fourth-order valence-electron chi connectivity index (χ4n) is 12.5. The first kappa shape index (κ1) is 40.5. The van der Waals surface area contributed by atoms with E-state index in [1.54, 1.807) is 0 Å². The lowest BCUT2D eigenvalue weighted by molar-refractivity contribution is 1.26. The molecule has 0 aliphatic heterocycles. The zero-order valence-corrected chi connectivity index (χ0v) is 39.9. The van der Waals surface area contributed by atoms with Crippen LogP contribution in [-0.2, 0) is 0 Å². The van der Waals surface area contributed by atoms with E-state index < -0.39 is 0 Å². The number of aromatic nitrogens is 2. The molecule has 0 radical (unpaired) electrons. The van der Waals surface area contributed by atoms with Crippen molar-refractivity contribution < 1.29 is 0 Å². The molecule has 0 aliphatic rings. The standard InChI is InChI=1S/C68H46N4/c1-43-23-15-17-37-53(43)69(47-29-11-5-12-30-47)55-39-21-41-57-61(55)49-33-19-35-51-63-60(46-27-9-4-10-28-46)68-64(59(45-25-7-3-8-26-45)67(63)71(57)65(49)51)52-36-20-34-50-62-56(40-22-42-58(62)72(68)66(50)52)70(48-31-13-6-14-32-48)54-38-18-16-24-44(54)2/h3-42H,1-2H3. The highest BCUT2D eigenvalue weighted by Crippen LogP contribution is 2.56. The van der Waals surface area contributed by atoms with Crippen molar-refractivity contribution in [2.24, 2.45) is 0 Å². The summed E-state index contributed by atoms with van der Waals surface area (Å²) in [5.41, 5.74) is 21.5. The molecule has 338 valence electrons. The summed E-state index contributed by atoms with van der Waals surface area (Å²) in [5, 5.41) is 9.93. The van der Waals surface area contributed by atoms with Gasteiger partial charge in [-0.15, -0.1) is 0 Å². The van der Waals surface area contributed by atoms with Gasteiger partial charge in [0.1, 0.15) is 0 Å². The fraction of sp³-hybridized carbons (Fsp3) is 0.0294. The molecular weight excluding hydrogens is 873 g/mol. The number of benzene rings is 11. The zero-order valence-electron chi connectivity index (χ0n) is 39.9. The Hall–Kier alpha value is -9.38. The van der Waals surface area contributed by atoms with Crippen LogP contribution in [0.3, 0.4) is 0 Å². The first-order valence-corrected chi connectivity index (χ1v) is 25.0. The van der Waals surface area contributed by atoms with Gasteiger partial charge in [0, 0.05) is 77.0 Å². The molecule has 4 heteroatoms. The van der Waals surface area contributed by atoms with Crippen molar-refractivity contribution in [2.45, 2.75) is 13.8 Å².